The molecule has 0 saturated heterocycles. The average Bonchev–Trinajstić information content (AvgIpc) is 3.04. The molecule has 1 aromatic carbocycles. The summed E-state index contributed by atoms with van der Waals surface area (Å²) in [5, 5.41) is 1.21. The van der Waals surface area contributed by atoms with Gasteiger partial charge in [0.1, 0.15) is 5.75 Å². The van der Waals surface area contributed by atoms with Crippen LogP contribution in [0.3, 0.4) is 0 Å². The summed E-state index contributed by atoms with van der Waals surface area (Å²) in [6, 6.07) is 3.68. The zero-order valence-electron chi connectivity index (χ0n) is 10.6. The molecule has 0 aromatic heterocycles. The van der Waals surface area contributed by atoms with Gasteiger partial charge in [-0.3, -0.25) is 0 Å². The first-order valence-corrected chi connectivity index (χ1v) is 7.18. The number of nitrogens with two attached hydrogens (primary N) is 1. The Labute approximate surface area is 118 Å². The van der Waals surface area contributed by atoms with E-state index in [2.05, 4.69) is 0 Å². The molecule has 0 bridgehead atoms. The van der Waals surface area contributed by atoms with Gasteiger partial charge in [0.05, 0.1) is 11.6 Å². The zero-order chi connectivity index (χ0) is 13.1. The second-order valence-electron chi connectivity index (χ2n) is 5.14. The molecule has 1 fully saturated rings. The molecule has 1 unspecified atom stereocenters. The molecule has 18 heavy (non-hydrogen) atoms. The van der Waals surface area contributed by atoms with Gasteiger partial charge in [-0.2, -0.15) is 0 Å². The summed E-state index contributed by atoms with van der Waals surface area (Å²) in [6.45, 7) is 2.68. The minimum atomic E-state index is 0.0605. The van der Waals surface area contributed by atoms with Crippen molar-refractivity contribution in [2.24, 2.45) is 11.7 Å². The van der Waals surface area contributed by atoms with Gasteiger partial charge in [0.25, 0.3) is 0 Å². The van der Waals surface area contributed by atoms with E-state index in [0.717, 1.165) is 36.7 Å². The molecule has 1 aliphatic carbocycles. The van der Waals surface area contributed by atoms with Crippen molar-refractivity contribution in [3.63, 3.8) is 0 Å². The lowest BCUT2D eigenvalue weighted by Crippen LogP contribution is -2.18. The van der Waals surface area contributed by atoms with Crippen LogP contribution < -0.4 is 10.5 Å². The molecule has 0 heterocycles. The van der Waals surface area contributed by atoms with E-state index in [1.807, 2.05) is 13.0 Å². The Kier molecular flexibility index (Phi) is 4.77. The Bertz CT molecular complexity index is 417. The van der Waals surface area contributed by atoms with Crippen LogP contribution >= 0.6 is 23.2 Å². The molecule has 0 radical (unpaired) electrons. The van der Waals surface area contributed by atoms with Crippen molar-refractivity contribution >= 4 is 23.2 Å². The molecule has 100 valence electrons. The van der Waals surface area contributed by atoms with Crippen molar-refractivity contribution in [2.45, 2.75) is 38.6 Å². The molecule has 1 saturated carbocycles. The number of benzene rings is 1. The van der Waals surface area contributed by atoms with E-state index in [1.165, 1.54) is 12.8 Å². The number of ether oxygens (including phenoxy) is 1. The largest absolute Gasteiger partial charge is 0.492 e. The van der Waals surface area contributed by atoms with Crippen LogP contribution in [0.4, 0.5) is 0 Å². The van der Waals surface area contributed by atoms with Gasteiger partial charge in [-0.25, -0.2) is 0 Å². The Morgan fingerprint density at radius 2 is 2.11 bits per heavy atom. The first-order chi connectivity index (χ1) is 8.56. The molecule has 2 N–H and O–H groups in total. The van der Waals surface area contributed by atoms with Crippen LogP contribution in [-0.4, -0.2) is 12.6 Å². The van der Waals surface area contributed by atoms with Gasteiger partial charge in [0.2, 0.25) is 0 Å². The summed E-state index contributed by atoms with van der Waals surface area (Å²) in [5.74, 6) is 1.60. The summed E-state index contributed by atoms with van der Waals surface area (Å²) >= 11 is 12.2. The highest BCUT2D eigenvalue weighted by Crippen LogP contribution is 2.35. The van der Waals surface area contributed by atoms with Gasteiger partial charge in [-0.15, -0.1) is 0 Å². The molecule has 1 aliphatic rings. The van der Waals surface area contributed by atoms with E-state index in [-0.39, 0.29) is 6.04 Å². The summed E-state index contributed by atoms with van der Waals surface area (Å²) in [5.41, 5.74) is 6.84. The van der Waals surface area contributed by atoms with Crippen LogP contribution in [0, 0.1) is 5.92 Å². The van der Waals surface area contributed by atoms with Gasteiger partial charge >= 0.3 is 0 Å². The van der Waals surface area contributed by atoms with E-state index in [1.54, 1.807) is 6.07 Å². The quantitative estimate of drug-likeness (QED) is 0.856. The van der Waals surface area contributed by atoms with E-state index < -0.39 is 0 Å². The molecule has 1 aromatic rings. The molecule has 1 atom stereocenters. The number of rotatable bonds is 6. The van der Waals surface area contributed by atoms with Gasteiger partial charge < -0.3 is 10.5 Å². The van der Waals surface area contributed by atoms with Crippen LogP contribution in [0.15, 0.2) is 12.1 Å². The normalized spacial score (nSPS) is 16.7. The van der Waals surface area contributed by atoms with Gasteiger partial charge in [0.15, 0.2) is 0 Å². The maximum Gasteiger partial charge on any atom is 0.141 e. The van der Waals surface area contributed by atoms with E-state index in [0.29, 0.717) is 10.0 Å². The Morgan fingerprint density at radius 1 is 1.39 bits per heavy atom. The van der Waals surface area contributed by atoms with Crippen LogP contribution in [0.5, 0.6) is 5.75 Å². The number of hydrogen-bond acceptors (Lipinski definition) is 2. The topological polar surface area (TPSA) is 35.2 Å². The number of hydrogen-bond donors (Lipinski definition) is 1. The molecule has 0 aliphatic heterocycles. The maximum absolute atomic E-state index is 6.20. The lowest BCUT2D eigenvalue weighted by atomic mass is 10.1. The third kappa shape index (κ3) is 4.04. The predicted octanol–water partition coefficient (Wildman–Crippen LogP) is 4.06. The van der Waals surface area contributed by atoms with Crippen LogP contribution in [0.2, 0.25) is 10.0 Å². The van der Waals surface area contributed by atoms with Crippen LogP contribution in [0.25, 0.3) is 0 Å². The summed E-state index contributed by atoms with van der Waals surface area (Å²) in [4.78, 5) is 0. The first kappa shape index (κ1) is 14.0. The third-order valence-electron chi connectivity index (χ3n) is 3.10. The molecule has 0 spiro atoms. The molecule has 2 rings (SSSR count). The Morgan fingerprint density at radius 3 is 2.72 bits per heavy atom. The molecule has 4 heteroatoms. The van der Waals surface area contributed by atoms with Crippen LogP contribution in [0.1, 0.15) is 31.7 Å². The summed E-state index contributed by atoms with van der Waals surface area (Å²) < 4.78 is 5.83. The molecule has 2 nitrogen and oxygen atoms in total. The van der Waals surface area contributed by atoms with E-state index in [4.69, 9.17) is 33.7 Å². The average molecular weight is 288 g/mol. The lowest BCUT2D eigenvalue weighted by molar-refractivity contribution is 0.299. The smallest absolute Gasteiger partial charge is 0.141 e. The van der Waals surface area contributed by atoms with Crippen molar-refractivity contribution in [3.8, 4) is 5.75 Å². The standard InChI is InChI=1S/C14H19Cl2NO/c1-9(17)6-11-7-12(15)8-13(16)14(11)18-5-4-10-2-3-10/h7-10H,2-6,17H2,1H3. The van der Waals surface area contributed by atoms with Gasteiger partial charge in [-0.1, -0.05) is 36.0 Å². The molecular formula is C14H19Cl2NO. The van der Waals surface area contributed by atoms with Crippen molar-refractivity contribution in [2.75, 3.05) is 6.61 Å². The predicted molar refractivity (Wildman–Crippen MR) is 76.7 cm³/mol. The minimum absolute atomic E-state index is 0.0605. The highest BCUT2D eigenvalue weighted by atomic mass is 35.5. The summed E-state index contributed by atoms with van der Waals surface area (Å²) in [7, 11) is 0. The zero-order valence-corrected chi connectivity index (χ0v) is 12.1. The second-order valence-corrected chi connectivity index (χ2v) is 5.98. The van der Waals surface area contributed by atoms with E-state index in [9.17, 15) is 0 Å². The first-order valence-electron chi connectivity index (χ1n) is 6.42. The monoisotopic (exact) mass is 287 g/mol. The van der Waals surface area contributed by atoms with Crippen LogP contribution in [-0.2, 0) is 6.42 Å². The third-order valence-corrected chi connectivity index (χ3v) is 3.60. The number of halogens is 2. The van der Waals surface area contributed by atoms with Crippen molar-refractivity contribution in [1.82, 2.24) is 0 Å². The van der Waals surface area contributed by atoms with Crippen molar-refractivity contribution in [1.29, 1.82) is 0 Å². The molecule has 0 amide bonds. The molecular weight excluding hydrogens is 269 g/mol. The summed E-state index contributed by atoms with van der Waals surface area (Å²) in [6.07, 6.45) is 4.50. The maximum atomic E-state index is 6.20. The second kappa shape index (κ2) is 6.14. The Hall–Kier alpha value is -0.440. The minimum Gasteiger partial charge on any atom is -0.492 e. The fraction of sp³-hybridized carbons (Fsp3) is 0.571. The Balaban J connectivity index is 2.08. The fourth-order valence-corrected chi connectivity index (χ4v) is 2.60. The highest BCUT2D eigenvalue weighted by molar-refractivity contribution is 6.35. The van der Waals surface area contributed by atoms with Gasteiger partial charge in [-0.05, 0) is 43.4 Å². The van der Waals surface area contributed by atoms with Crippen molar-refractivity contribution < 1.29 is 4.74 Å². The van der Waals surface area contributed by atoms with E-state index >= 15 is 0 Å². The highest BCUT2D eigenvalue weighted by Gasteiger charge is 2.21. The van der Waals surface area contributed by atoms with Crippen molar-refractivity contribution in [3.05, 3.63) is 27.7 Å². The lowest BCUT2D eigenvalue weighted by Gasteiger charge is -2.15. The van der Waals surface area contributed by atoms with Gasteiger partial charge in [0, 0.05) is 11.1 Å². The fourth-order valence-electron chi connectivity index (χ4n) is 2.01. The SMILES string of the molecule is CC(N)Cc1cc(Cl)cc(Cl)c1OCCC1CC1.